The predicted molar refractivity (Wildman–Crippen MR) is 150 cm³/mol. The second-order valence-corrected chi connectivity index (χ2v) is 10.9. The first-order chi connectivity index (χ1) is 18.9. The second-order valence-electron chi connectivity index (χ2n) is 10.5. The summed E-state index contributed by atoms with van der Waals surface area (Å²) in [6.45, 7) is 5.95. The van der Waals surface area contributed by atoms with Crippen molar-refractivity contribution in [1.82, 2.24) is 4.90 Å². The molecule has 0 aromatic heterocycles. The van der Waals surface area contributed by atoms with E-state index in [1.807, 2.05) is 42.5 Å². The largest absolute Gasteiger partial charge is 0.497 e. The number of benzene rings is 3. The zero-order valence-corrected chi connectivity index (χ0v) is 23.0. The maximum Gasteiger partial charge on any atom is 0.231 e. The molecule has 3 aromatic rings. The topological polar surface area (TPSA) is 69.6 Å². The second kappa shape index (κ2) is 10.5. The summed E-state index contributed by atoms with van der Waals surface area (Å²) in [5, 5.41) is 0.538. The molecular weight excluding hydrogens is 516 g/mol. The average molecular weight is 547 g/mol. The number of carbonyl (C=O) groups excluding carboxylic acids is 1. The number of halogens is 1. The summed E-state index contributed by atoms with van der Waals surface area (Å²) in [5.41, 5.74) is 2.54. The highest BCUT2D eigenvalue weighted by molar-refractivity contribution is 6.31. The van der Waals surface area contributed by atoms with Crippen LogP contribution in [-0.4, -0.2) is 55.7 Å². The summed E-state index contributed by atoms with van der Waals surface area (Å²) < 4.78 is 23.3. The van der Waals surface area contributed by atoms with Crippen LogP contribution in [0, 0.1) is 11.8 Å². The fraction of sp³-hybridized carbons (Fsp3) is 0.355. The Morgan fingerprint density at radius 2 is 1.90 bits per heavy atom. The zero-order chi connectivity index (χ0) is 27.1. The van der Waals surface area contributed by atoms with Crippen molar-refractivity contribution in [3.05, 3.63) is 82.4 Å². The molecule has 3 heterocycles. The number of methoxy groups -OCH3 is 1. The Balaban J connectivity index is 1.39. The van der Waals surface area contributed by atoms with Gasteiger partial charge >= 0.3 is 0 Å². The quantitative estimate of drug-likeness (QED) is 0.380. The molecule has 0 spiro atoms. The standard InChI is InChI=1S/C31H31ClN2O5/c1-18(2)28(34-12-11-33-31(34)20-7-10-25-27(15-20)38-17-37-25)30-24(14-19-5-4-6-22(13-19)36-3)29(35)23-9-8-21(32)16-26(23)39-30/h4-10,13,15-16,18,24,28,30H,11-12,14,17H2,1-3H3. The number of fused-ring (bicyclic) bond motifs is 2. The number of carbonyl (C=O) groups is 1. The van der Waals surface area contributed by atoms with Gasteiger partial charge in [0.15, 0.2) is 17.3 Å². The molecule has 0 N–H and O–H groups in total. The Labute approximate surface area is 233 Å². The predicted octanol–water partition coefficient (Wildman–Crippen LogP) is 5.67. The van der Waals surface area contributed by atoms with Crippen LogP contribution < -0.4 is 18.9 Å². The Hall–Kier alpha value is -3.71. The normalized spacial score (nSPS) is 20.5. The molecular formula is C31H31ClN2O5. The molecule has 7 nitrogen and oxygen atoms in total. The lowest BCUT2D eigenvalue weighted by Crippen LogP contribution is -2.57. The number of hydrogen-bond donors (Lipinski definition) is 0. The average Bonchev–Trinajstić information content (AvgIpc) is 3.60. The van der Waals surface area contributed by atoms with Crippen LogP contribution in [0.2, 0.25) is 5.02 Å². The first-order valence-corrected chi connectivity index (χ1v) is 13.6. The van der Waals surface area contributed by atoms with E-state index in [1.54, 1.807) is 25.3 Å². The molecule has 6 rings (SSSR count). The molecule has 3 aliphatic rings. The Morgan fingerprint density at radius 3 is 2.72 bits per heavy atom. The number of ether oxygens (including phenoxy) is 4. The van der Waals surface area contributed by atoms with Crippen LogP contribution in [-0.2, 0) is 6.42 Å². The van der Waals surface area contributed by atoms with Gasteiger partial charge in [-0.3, -0.25) is 9.79 Å². The molecule has 0 radical (unpaired) electrons. The minimum absolute atomic E-state index is 0.0622. The molecule has 0 aliphatic carbocycles. The molecule has 0 bridgehead atoms. The Morgan fingerprint density at radius 1 is 1.05 bits per heavy atom. The Kier molecular flexibility index (Phi) is 6.85. The molecule has 39 heavy (non-hydrogen) atoms. The summed E-state index contributed by atoms with van der Waals surface area (Å²) in [7, 11) is 1.65. The van der Waals surface area contributed by atoms with Crippen LogP contribution in [0.3, 0.4) is 0 Å². The highest BCUT2D eigenvalue weighted by atomic mass is 35.5. The maximum absolute atomic E-state index is 14.1. The van der Waals surface area contributed by atoms with Crippen LogP contribution in [0.15, 0.2) is 65.7 Å². The van der Waals surface area contributed by atoms with E-state index < -0.39 is 12.0 Å². The van der Waals surface area contributed by atoms with Crippen molar-refractivity contribution in [3.63, 3.8) is 0 Å². The number of rotatable bonds is 7. The molecule has 0 amide bonds. The molecule has 3 aliphatic heterocycles. The van der Waals surface area contributed by atoms with Gasteiger partial charge in [-0.2, -0.15) is 0 Å². The van der Waals surface area contributed by atoms with Crippen LogP contribution in [0.25, 0.3) is 0 Å². The van der Waals surface area contributed by atoms with Crippen molar-refractivity contribution in [2.45, 2.75) is 32.4 Å². The first-order valence-electron chi connectivity index (χ1n) is 13.3. The lowest BCUT2D eigenvalue weighted by Gasteiger charge is -2.44. The van der Waals surface area contributed by atoms with Crippen molar-refractivity contribution >= 4 is 23.2 Å². The van der Waals surface area contributed by atoms with E-state index in [0.717, 1.165) is 35.0 Å². The van der Waals surface area contributed by atoms with Crippen molar-refractivity contribution in [2.75, 3.05) is 27.0 Å². The zero-order valence-electron chi connectivity index (χ0n) is 22.2. The number of aliphatic imine (C=N–C) groups is 1. The van der Waals surface area contributed by atoms with E-state index in [1.165, 1.54) is 0 Å². The van der Waals surface area contributed by atoms with Gasteiger partial charge in [0.2, 0.25) is 6.79 Å². The minimum Gasteiger partial charge on any atom is -0.497 e. The van der Waals surface area contributed by atoms with Gasteiger partial charge in [0.25, 0.3) is 0 Å². The van der Waals surface area contributed by atoms with E-state index in [-0.39, 0.29) is 24.5 Å². The molecule has 202 valence electrons. The summed E-state index contributed by atoms with van der Waals surface area (Å²) in [6, 6.07) is 18.9. The van der Waals surface area contributed by atoms with Crippen molar-refractivity contribution < 1.29 is 23.7 Å². The third-order valence-corrected chi connectivity index (χ3v) is 7.92. The van der Waals surface area contributed by atoms with Crippen LogP contribution in [0.5, 0.6) is 23.0 Å². The summed E-state index contributed by atoms with van der Waals surface area (Å²) in [6.07, 6.45) is 0.100. The molecule has 8 heteroatoms. The van der Waals surface area contributed by atoms with Crippen LogP contribution >= 0.6 is 11.6 Å². The van der Waals surface area contributed by atoms with Gasteiger partial charge in [0.05, 0.1) is 31.2 Å². The van der Waals surface area contributed by atoms with E-state index >= 15 is 0 Å². The third-order valence-electron chi connectivity index (χ3n) is 7.68. The fourth-order valence-corrected chi connectivity index (χ4v) is 6.07. The summed E-state index contributed by atoms with van der Waals surface area (Å²) in [5.74, 6) is 3.44. The molecule has 0 saturated carbocycles. The van der Waals surface area contributed by atoms with Gasteiger partial charge in [0.1, 0.15) is 23.4 Å². The van der Waals surface area contributed by atoms with Crippen molar-refractivity contribution in [3.8, 4) is 23.0 Å². The van der Waals surface area contributed by atoms with E-state index in [9.17, 15) is 4.79 Å². The van der Waals surface area contributed by atoms with E-state index in [2.05, 4.69) is 18.7 Å². The van der Waals surface area contributed by atoms with Crippen LogP contribution in [0.4, 0.5) is 0 Å². The third kappa shape index (κ3) is 4.80. The number of ketones is 1. The first kappa shape index (κ1) is 25.6. The van der Waals surface area contributed by atoms with Gasteiger partial charge < -0.3 is 23.8 Å². The van der Waals surface area contributed by atoms with Crippen molar-refractivity contribution in [1.29, 1.82) is 0 Å². The minimum atomic E-state index is -0.424. The summed E-state index contributed by atoms with van der Waals surface area (Å²) in [4.78, 5) is 21.3. The van der Waals surface area contributed by atoms with Gasteiger partial charge in [0, 0.05) is 17.1 Å². The van der Waals surface area contributed by atoms with Gasteiger partial charge in [-0.1, -0.05) is 37.6 Å². The van der Waals surface area contributed by atoms with E-state index in [4.69, 9.17) is 35.5 Å². The summed E-state index contributed by atoms with van der Waals surface area (Å²) >= 11 is 6.33. The molecule has 3 aromatic carbocycles. The number of nitrogens with zero attached hydrogens (tertiary/aromatic N) is 2. The number of Topliss-reactive ketones (excluding diaryl/α,β-unsaturated/α-hetero) is 1. The highest BCUT2D eigenvalue weighted by Crippen LogP contribution is 2.40. The molecule has 0 saturated heterocycles. The molecule has 3 atom stereocenters. The van der Waals surface area contributed by atoms with Gasteiger partial charge in [-0.05, 0) is 66.4 Å². The van der Waals surface area contributed by atoms with Crippen molar-refractivity contribution in [2.24, 2.45) is 16.8 Å². The van der Waals surface area contributed by atoms with Crippen LogP contribution in [0.1, 0.15) is 35.3 Å². The highest BCUT2D eigenvalue weighted by Gasteiger charge is 2.46. The maximum atomic E-state index is 14.1. The Bertz CT molecular complexity index is 1440. The smallest absolute Gasteiger partial charge is 0.231 e. The SMILES string of the molecule is COc1cccc(CC2C(=O)c3ccc(Cl)cc3OC2C(C(C)C)N2CCN=C2c2ccc3c(c2)OCO3)c1. The fourth-order valence-electron chi connectivity index (χ4n) is 5.90. The van der Waals surface area contributed by atoms with E-state index in [0.29, 0.717) is 35.1 Å². The lowest BCUT2D eigenvalue weighted by atomic mass is 9.78. The lowest BCUT2D eigenvalue weighted by molar-refractivity contribution is 0.0252. The monoisotopic (exact) mass is 546 g/mol. The number of hydrogen-bond acceptors (Lipinski definition) is 7. The number of amidine groups is 1. The van der Waals surface area contributed by atoms with Gasteiger partial charge in [-0.25, -0.2) is 0 Å². The molecule has 0 fully saturated rings. The molecule has 3 unspecified atom stereocenters. The van der Waals surface area contributed by atoms with Gasteiger partial charge in [-0.15, -0.1) is 0 Å².